The molecule has 0 spiro atoms. The van der Waals surface area contributed by atoms with Gasteiger partial charge >= 0.3 is 18.4 Å². The largest absolute Gasteiger partial charge is 0.490 e. The number of halogens is 7. The summed E-state index contributed by atoms with van der Waals surface area (Å²) in [5.74, 6) is -0.487. The Hall–Kier alpha value is -1.40. The molecule has 1 aliphatic heterocycles. The number of benzene rings is 1. The molecule has 1 saturated heterocycles. The van der Waals surface area contributed by atoms with Gasteiger partial charge in [-0.15, -0.1) is 0 Å². The highest BCUT2D eigenvalue weighted by Crippen LogP contribution is 2.38. The summed E-state index contributed by atoms with van der Waals surface area (Å²) < 4.78 is 84.7. The highest BCUT2D eigenvalue weighted by Gasteiger charge is 2.37. The highest BCUT2D eigenvalue weighted by molar-refractivity contribution is 14.1. The van der Waals surface area contributed by atoms with Gasteiger partial charge in [-0.1, -0.05) is 0 Å². The number of hydrogen-bond donors (Lipinski definition) is 1. The number of piperidine rings is 1. The number of carbonyl (C=O) groups is 1. The number of urea groups is 1. The van der Waals surface area contributed by atoms with E-state index in [9.17, 15) is 31.1 Å². The van der Waals surface area contributed by atoms with Crippen molar-refractivity contribution < 1.29 is 35.9 Å². The molecule has 0 bridgehead atoms. The van der Waals surface area contributed by atoms with Gasteiger partial charge in [-0.3, -0.25) is 3.53 Å². The molecule has 1 aromatic carbocycles. The Morgan fingerprint density at radius 3 is 1.92 bits per heavy atom. The van der Waals surface area contributed by atoms with Crippen LogP contribution in [0.5, 0.6) is 5.75 Å². The van der Waals surface area contributed by atoms with Crippen LogP contribution < -0.4 is 8.27 Å². The monoisotopic (exact) mass is 482 g/mol. The van der Waals surface area contributed by atoms with Crippen molar-refractivity contribution in [3.05, 3.63) is 29.3 Å². The van der Waals surface area contributed by atoms with Crippen LogP contribution in [-0.2, 0) is 12.4 Å². The van der Waals surface area contributed by atoms with Crippen LogP contribution in [0.3, 0.4) is 0 Å². The van der Waals surface area contributed by atoms with Crippen LogP contribution >= 0.6 is 22.9 Å². The molecule has 1 aromatic rings. The van der Waals surface area contributed by atoms with E-state index in [2.05, 4.69) is 3.53 Å². The fourth-order valence-corrected chi connectivity index (χ4v) is 2.76. The van der Waals surface area contributed by atoms with Gasteiger partial charge in [0.25, 0.3) is 0 Å². The lowest BCUT2D eigenvalue weighted by atomic mass is 10.1. The zero-order valence-corrected chi connectivity index (χ0v) is 14.7. The Morgan fingerprint density at radius 2 is 1.52 bits per heavy atom. The van der Waals surface area contributed by atoms with Crippen molar-refractivity contribution in [3.63, 3.8) is 0 Å². The second-order valence-corrected chi connectivity index (χ2v) is 5.98. The summed E-state index contributed by atoms with van der Waals surface area (Å²) in [6.45, 7) is 0.592. The van der Waals surface area contributed by atoms with Crippen molar-refractivity contribution in [2.24, 2.45) is 0 Å². The highest BCUT2D eigenvalue weighted by atomic mass is 127. The van der Waals surface area contributed by atoms with E-state index in [-0.39, 0.29) is 12.1 Å². The molecule has 0 saturated carbocycles. The molecule has 0 unspecified atom stereocenters. The number of nitrogens with one attached hydrogen (secondary N) is 1. The standard InChI is InChI=1S/C14H13F6IN2O2/c15-13(16,17)8-5-9(14(18,19)20)7-11(6-8)25-10-1-3-23(4-2-10)12(24)22-21/h5-7,10H,1-4H2,(H,22,24). The third-order valence-electron chi connectivity index (χ3n) is 3.67. The van der Waals surface area contributed by atoms with Gasteiger partial charge in [0.05, 0.1) is 34.0 Å². The second-order valence-electron chi connectivity index (χ2n) is 5.45. The van der Waals surface area contributed by atoms with Gasteiger partial charge in [-0.25, -0.2) is 4.79 Å². The number of ether oxygens (including phenoxy) is 1. The molecule has 140 valence electrons. The summed E-state index contributed by atoms with van der Waals surface area (Å²) in [4.78, 5) is 12.9. The number of carbonyl (C=O) groups excluding carboxylic acids is 1. The SMILES string of the molecule is O=C(NI)N1CCC(Oc2cc(C(F)(F)F)cc(C(F)(F)F)c2)CC1. The summed E-state index contributed by atoms with van der Waals surface area (Å²) in [6.07, 6.45) is -9.78. The quantitative estimate of drug-likeness (QED) is 0.380. The van der Waals surface area contributed by atoms with Crippen molar-refractivity contribution >= 4 is 28.9 Å². The Morgan fingerprint density at radius 1 is 1.04 bits per heavy atom. The smallest absolute Gasteiger partial charge is 0.416 e. The van der Waals surface area contributed by atoms with E-state index in [0.29, 0.717) is 38.1 Å². The Labute approximate surface area is 153 Å². The molecular formula is C14H13F6IN2O2. The molecule has 0 atom stereocenters. The van der Waals surface area contributed by atoms with E-state index in [1.165, 1.54) is 4.90 Å². The van der Waals surface area contributed by atoms with Crippen molar-refractivity contribution in [1.82, 2.24) is 8.43 Å². The van der Waals surface area contributed by atoms with Crippen molar-refractivity contribution in [2.45, 2.75) is 31.3 Å². The molecular weight excluding hydrogens is 469 g/mol. The second kappa shape index (κ2) is 7.46. The van der Waals surface area contributed by atoms with Crippen LogP contribution in [0.4, 0.5) is 31.1 Å². The molecule has 2 rings (SSSR count). The number of rotatable bonds is 2. The molecule has 0 aromatic heterocycles. The fraction of sp³-hybridized carbons (Fsp3) is 0.500. The van der Waals surface area contributed by atoms with Gasteiger partial charge < -0.3 is 9.64 Å². The number of nitrogens with zero attached hydrogens (tertiary/aromatic N) is 1. The van der Waals surface area contributed by atoms with E-state index in [1.807, 2.05) is 0 Å². The lowest BCUT2D eigenvalue weighted by Crippen LogP contribution is -2.44. The van der Waals surface area contributed by atoms with Crippen LogP contribution in [0, 0.1) is 0 Å². The summed E-state index contributed by atoms with van der Waals surface area (Å²) in [5, 5.41) is 0. The summed E-state index contributed by atoms with van der Waals surface area (Å²) in [5.41, 5.74) is -2.84. The van der Waals surface area contributed by atoms with E-state index in [0.717, 1.165) is 0 Å². The van der Waals surface area contributed by atoms with Gasteiger partial charge in [-0.2, -0.15) is 26.3 Å². The molecule has 1 aliphatic rings. The Balaban J connectivity index is 2.15. The predicted molar refractivity (Wildman–Crippen MR) is 84.2 cm³/mol. The lowest BCUT2D eigenvalue weighted by molar-refractivity contribution is -0.143. The van der Waals surface area contributed by atoms with Crippen LogP contribution in [0.15, 0.2) is 18.2 Å². The van der Waals surface area contributed by atoms with Crippen molar-refractivity contribution in [3.8, 4) is 5.75 Å². The minimum absolute atomic E-state index is 0.0558. The van der Waals surface area contributed by atoms with Crippen LogP contribution in [0.2, 0.25) is 0 Å². The summed E-state index contributed by atoms with van der Waals surface area (Å²) >= 11 is 1.68. The molecule has 1 fully saturated rings. The average molecular weight is 482 g/mol. The first-order valence-corrected chi connectivity index (χ1v) is 8.20. The van der Waals surface area contributed by atoms with Crippen molar-refractivity contribution in [2.75, 3.05) is 13.1 Å². The van der Waals surface area contributed by atoms with Gasteiger partial charge in [0.15, 0.2) is 0 Å². The molecule has 1 N–H and O–H groups in total. The maximum atomic E-state index is 12.8. The van der Waals surface area contributed by atoms with Gasteiger partial charge in [0.1, 0.15) is 11.9 Å². The average Bonchev–Trinajstić information content (AvgIpc) is 2.53. The predicted octanol–water partition coefficient (Wildman–Crippen LogP) is 4.63. The van der Waals surface area contributed by atoms with Crippen molar-refractivity contribution in [1.29, 1.82) is 0 Å². The van der Waals surface area contributed by atoms with E-state index in [4.69, 9.17) is 4.74 Å². The topological polar surface area (TPSA) is 41.6 Å². The summed E-state index contributed by atoms with van der Waals surface area (Å²) in [6, 6.07) is 0.857. The Bertz CT molecular complexity index is 594. The van der Waals surface area contributed by atoms with Crippen LogP contribution in [-0.4, -0.2) is 30.1 Å². The Kier molecular flexibility index (Phi) is 5.94. The zero-order chi connectivity index (χ0) is 18.8. The first-order chi connectivity index (χ1) is 11.5. The number of alkyl halides is 6. The van der Waals surface area contributed by atoms with Gasteiger partial charge in [-0.05, 0) is 18.2 Å². The molecule has 1 heterocycles. The van der Waals surface area contributed by atoms with Crippen LogP contribution in [0.1, 0.15) is 24.0 Å². The third-order valence-corrected chi connectivity index (χ3v) is 4.14. The third kappa shape index (κ3) is 5.28. The minimum Gasteiger partial charge on any atom is -0.490 e. The first kappa shape index (κ1) is 19.9. The number of likely N-dealkylation sites (tertiary alicyclic amines) is 1. The maximum Gasteiger partial charge on any atom is 0.416 e. The lowest BCUT2D eigenvalue weighted by Gasteiger charge is -2.31. The van der Waals surface area contributed by atoms with E-state index in [1.54, 1.807) is 22.9 Å². The molecule has 11 heteroatoms. The molecule has 4 nitrogen and oxygen atoms in total. The molecule has 2 amide bonds. The minimum atomic E-state index is -4.92. The normalized spacial score (nSPS) is 16.7. The van der Waals surface area contributed by atoms with Gasteiger partial charge in [0, 0.05) is 25.9 Å². The van der Waals surface area contributed by atoms with E-state index < -0.39 is 35.3 Å². The van der Waals surface area contributed by atoms with Crippen LogP contribution in [0.25, 0.3) is 0 Å². The molecule has 0 radical (unpaired) electrons. The van der Waals surface area contributed by atoms with Gasteiger partial charge in [0.2, 0.25) is 0 Å². The van der Waals surface area contributed by atoms with E-state index >= 15 is 0 Å². The fourth-order valence-electron chi connectivity index (χ4n) is 2.42. The molecule has 25 heavy (non-hydrogen) atoms. The number of amides is 2. The number of hydrogen-bond acceptors (Lipinski definition) is 2. The first-order valence-electron chi connectivity index (χ1n) is 7.12. The molecule has 0 aliphatic carbocycles. The maximum absolute atomic E-state index is 12.8. The zero-order valence-electron chi connectivity index (χ0n) is 12.5. The summed E-state index contributed by atoms with van der Waals surface area (Å²) in [7, 11) is 0.